The van der Waals surface area contributed by atoms with Gasteiger partial charge in [0.15, 0.2) is 5.13 Å². The topological polar surface area (TPSA) is 83.5 Å². The number of carbonyl (C=O) groups excluding carboxylic acids is 1. The summed E-state index contributed by atoms with van der Waals surface area (Å²) < 4.78 is 28.5. The van der Waals surface area contributed by atoms with E-state index in [1.807, 2.05) is 61.5 Å². The highest BCUT2D eigenvalue weighted by molar-refractivity contribution is 7.89. The van der Waals surface area contributed by atoms with Crippen LogP contribution in [0.4, 0.5) is 5.13 Å². The minimum Gasteiger partial charge on any atom is -0.279 e. The molecule has 10 heteroatoms. The van der Waals surface area contributed by atoms with Gasteiger partial charge in [0.1, 0.15) is 0 Å². The average Bonchev–Trinajstić information content (AvgIpc) is 3.36. The lowest BCUT2D eigenvalue weighted by Crippen LogP contribution is -2.30. The van der Waals surface area contributed by atoms with Crippen LogP contribution in [0.5, 0.6) is 0 Å². The number of thiazole rings is 1. The molecule has 0 bridgehead atoms. The summed E-state index contributed by atoms with van der Waals surface area (Å²) in [5.41, 5.74) is 3.83. The van der Waals surface area contributed by atoms with Crippen LogP contribution in [0.25, 0.3) is 10.2 Å². The van der Waals surface area contributed by atoms with Crippen LogP contribution in [-0.4, -0.2) is 35.6 Å². The van der Waals surface area contributed by atoms with Gasteiger partial charge in [0.25, 0.3) is 5.91 Å². The van der Waals surface area contributed by atoms with Gasteiger partial charge in [-0.3, -0.25) is 14.7 Å². The van der Waals surface area contributed by atoms with Gasteiger partial charge in [-0.05, 0) is 72.1 Å². The lowest BCUT2D eigenvalue weighted by Gasteiger charge is -2.21. The molecule has 39 heavy (non-hydrogen) atoms. The summed E-state index contributed by atoms with van der Waals surface area (Å²) in [7, 11) is -2.21. The molecular formula is C29H25ClN4O3S2. The van der Waals surface area contributed by atoms with Gasteiger partial charge in [-0.25, -0.2) is 13.4 Å². The van der Waals surface area contributed by atoms with Gasteiger partial charge in [-0.1, -0.05) is 53.3 Å². The first kappa shape index (κ1) is 27.0. The van der Waals surface area contributed by atoms with E-state index in [-0.39, 0.29) is 23.9 Å². The normalized spacial score (nSPS) is 11.7. The smallest absolute Gasteiger partial charge is 0.260 e. The van der Waals surface area contributed by atoms with E-state index in [4.69, 9.17) is 16.6 Å². The van der Waals surface area contributed by atoms with Crippen molar-refractivity contribution >= 4 is 54.2 Å². The molecule has 0 aliphatic carbocycles. The fourth-order valence-electron chi connectivity index (χ4n) is 4.19. The van der Waals surface area contributed by atoms with Crippen molar-refractivity contribution < 1.29 is 13.2 Å². The Morgan fingerprint density at radius 1 is 0.923 bits per heavy atom. The maximum Gasteiger partial charge on any atom is 0.260 e. The molecule has 0 saturated heterocycles. The van der Waals surface area contributed by atoms with E-state index in [9.17, 15) is 13.2 Å². The number of carbonyl (C=O) groups is 1. The zero-order chi connectivity index (χ0) is 27.6. The summed E-state index contributed by atoms with van der Waals surface area (Å²) in [6, 6.07) is 22.8. The third-order valence-corrected chi connectivity index (χ3v) is 9.32. The molecule has 0 radical (unpaired) electrons. The Balaban J connectivity index is 1.45. The number of sulfonamides is 1. The Morgan fingerprint density at radius 3 is 2.28 bits per heavy atom. The van der Waals surface area contributed by atoms with Crippen LogP contribution in [0.3, 0.4) is 0 Å². The molecule has 5 rings (SSSR count). The van der Waals surface area contributed by atoms with Gasteiger partial charge >= 0.3 is 0 Å². The lowest BCUT2D eigenvalue weighted by atomic mass is 10.2. The number of benzene rings is 3. The van der Waals surface area contributed by atoms with E-state index in [0.29, 0.717) is 15.7 Å². The fraction of sp³-hybridized carbons (Fsp3) is 0.138. The van der Waals surface area contributed by atoms with E-state index < -0.39 is 10.0 Å². The summed E-state index contributed by atoms with van der Waals surface area (Å²) >= 11 is 7.64. The van der Waals surface area contributed by atoms with Crippen molar-refractivity contribution in [1.82, 2.24) is 14.3 Å². The first-order valence-corrected chi connectivity index (χ1v) is 14.7. The zero-order valence-electron chi connectivity index (χ0n) is 21.3. The number of aryl methyl sites for hydroxylation is 1. The van der Waals surface area contributed by atoms with Crippen LogP contribution in [-0.2, 0) is 23.1 Å². The molecule has 0 fully saturated rings. The SMILES string of the molecule is Cc1cc(Cl)cc2sc(N(Cc3ccncc3)C(=O)c3ccc(S(=O)(=O)N(C)Cc4ccccc4)cc3)nc12. The molecule has 7 nitrogen and oxygen atoms in total. The third kappa shape index (κ3) is 5.86. The predicted octanol–water partition coefficient (Wildman–Crippen LogP) is 6.32. The number of hydrogen-bond donors (Lipinski definition) is 0. The maximum absolute atomic E-state index is 13.8. The molecule has 0 atom stereocenters. The van der Waals surface area contributed by atoms with E-state index in [1.165, 1.54) is 27.8 Å². The minimum atomic E-state index is -3.75. The Morgan fingerprint density at radius 2 is 1.59 bits per heavy atom. The third-order valence-electron chi connectivity index (χ3n) is 6.26. The van der Waals surface area contributed by atoms with Crippen LogP contribution < -0.4 is 4.90 Å². The van der Waals surface area contributed by atoms with Gasteiger partial charge in [0.05, 0.1) is 21.7 Å². The van der Waals surface area contributed by atoms with Crippen molar-refractivity contribution in [2.75, 3.05) is 11.9 Å². The molecule has 0 aliphatic heterocycles. The standard InChI is InChI=1S/C29H25ClN4O3S2/c1-20-16-24(30)17-26-27(20)32-29(38-26)34(19-22-12-14-31-15-13-22)28(35)23-8-10-25(11-9-23)39(36,37)33(2)18-21-6-4-3-5-7-21/h3-17H,18-19H2,1-2H3. The number of halogens is 1. The summed E-state index contributed by atoms with van der Waals surface area (Å²) in [6.07, 6.45) is 3.34. The van der Waals surface area contributed by atoms with Crippen molar-refractivity contribution in [3.05, 3.63) is 119 Å². The number of hydrogen-bond acceptors (Lipinski definition) is 6. The highest BCUT2D eigenvalue weighted by atomic mass is 35.5. The first-order chi connectivity index (χ1) is 18.7. The molecule has 0 aliphatic rings. The Hall–Kier alpha value is -3.63. The van der Waals surface area contributed by atoms with Crippen molar-refractivity contribution in [2.24, 2.45) is 0 Å². The maximum atomic E-state index is 13.8. The zero-order valence-corrected chi connectivity index (χ0v) is 23.7. The molecule has 0 unspecified atom stereocenters. The summed E-state index contributed by atoms with van der Waals surface area (Å²) in [6.45, 7) is 2.44. The average molecular weight is 577 g/mol. The van der Waals surface area contributed by atoms with Crippen LogP contribution in [0.15, 0.2) is 96.2 Å². The molecule has 5 aromatic rings. The Kier molecular flexibility index (Phi) is 7.76. The van der Waals surface area contributed by atoms with Gasteiger partial charge in [-0.15, -0.1) is 0 Å². The Labute approximate surface area is 236 Å². The quantitative estimate of drug-likeness (QED) is 0.216. The number of aromatic nitrogens is 2. The van der Waals surface area contributed by atoms with Crippen molar-refractivity contribution in [2.45, 2.75) is 24.9 Å². The number of pyridine rings is 1. The molecular weight excluding hydrogens is 552 g/mol. The van der Waals surface area contributed by atoms with E-state index in [1.54, 1.807) is 36.5 Å². The summed E-state index contributed by atoms with van der Waals surface area (Å²) in [5, 5.41) is 1.13. The van der Waals surface area contributed by atoms with Gasteiger partial charge < -0.3 is 0 Å². The van der Waals surface area contributed by atoms with Gasteiger partial charge in [-0.2, -0.15) is 4.31 Å². The van der Waals surface area contributed by atoms with Crippen LogP contribution >= 0.6 is 22.9 Å². The molecule has 0 N–H and O–H groups in total. The Bertz CT molecular complexity index is 1730. The van der Waals surface area contributed by atoms with Crippen molar-refractivity contribution in [3.8, 4) is 0 Å². The minimum absolute atomic E-state index is 0.114. The second-order valence-electron chi connectivity index (χ2n) is 9.08. The van der Waals surface area contributed by atoms with E-state index >= 15 is 0 Å². The van der Waals surface area contributed by atoms with Crippen LogP contribution in [0.1, 0.15) is 27.0 Å². The molecule has 0 spiro atoms. The largest absolute Gasteiger partial charge is 0.279 e. The number of rotatable bonds is 8. The number of nitrogens with zero attached hydrogens (tertiary/aromatic N) is 4. The molecule has 1 amide bonds. The molecule has 2 heterocycles. The molecule has 198 valence electrons. The lowest BCUT2D eigenvalue weighted by molar-refractivity contribution is 0.0985. The van der Waals surface area contributed by atoms with Crippen molar-refractivity contribution in [3.63, 3.8) is 0 Å². The molecule has 3 aromatic carbocycles. The monoisotopic (exact) mass is 576 g/mol. The van der Waals surface area contributed by atoms with Gasteiger partial charge in [0.2, 0.25) is 10.0 Å². The highest BCUT2D eigenvalue weighted by Crippen LogP contribution is 2.34. The van der Waals surface area contributed by atoms with Crippen molar-refractivity contribution in [1.29, 1.82) is 0 Å². The van der Waals surface area contributed by atoms with Crippen LogP contribution in [0, 0.1) is 6.92 Å². The summed E-state index contributed by atoms with van der Waals surface area (Å²) in [4.78, 5) is 24.3. The molecule has 2 aromatic heterocycles. The van der Waals surface area contributed by atoms with E-state index in [0.717, 1.165) is 26.9 Å². The number of fused-ring (bicyclic) bond motifs is 1. The number of anilines is 1. The second kappa shape index (κ2) is 11.2. The summed E-state index contributed by atoms with van der Waals surface area (Å²) in [5.74, 6) is -0.295. The molecule has 0 saturated carbocycles. The van der Waals surface area contributed by atoms with E-state index in [2.05, 4.69) is 4.98 Å². The van der Waals surface area contributed by atoms with Gasteiger partial charge in [0, 0.05) is 36.6 Å². The predicted molar refractivity (Wildman–Crippen MR) is 156 cm³/mol. The second-order valence-corrected chi connectivity index (χ2v) is 12.6. The first-order valence-electron chi connectivity index (χ1n) is 12.1. The fourth-order valence-corrected chi connectivity index (χ4v) is 6.76. The number of amides is 1. The van der Waals surface area contributed by atoms with Crippen LogP contribution in [0.2, 0.25) is 5.02 Å². The highest BCUT2D eigenvalue weighted by Gasteiger charge is 2.25.